The first-order valence-electron chi connectivity index (χ1n) is 13.0. The average molecular weight is 469 g/mol. The fraction of sp³-hybridized carbons (Fsp3) is 0.667. The maximum absolute atomic E-state index is 13.5. The summed E-state index contributed by atoms with van der Waals surface area (Å²) in [5.74, 6) is 0.552. The van der Waals surface area contributed by atoms with Crippen molar-refractivity contribution in [1.82, 2.24) is 20.4 Å². The van der Waals surface area contributed by atoms with Crippen molar-refractivity contribution < 1.29 is 14.4 Å². The second-order valence-corrected chi connectivity index (χ2v) is 10.7. The Morgan fingerprint density at radius 3 is 2.53 bits per heavy atom. The Morgan fingerprint density at radius 1 is 1.03 bits per heavy atom. The van der Waals surface area contributed by atoms with E-state index in [1.807, 2.05) is 35.2 Å². The van der Waals surface area contributed by atoms with Gasteiger partial charge in [0.1, 0.15) is 12.1 Å². The van der Waals surface area contributed by atoms with Gasteiger partial charge in [-0.1, -0.05) is 30.3 Å². The highest BCUT2D eigenvalue weighted by molar-refractivity contribution is 5.92. The molecule has 186 valence electrons. The number of likely N-dealkylation sites (tertiary alicyclic amines) is 1. The molecule has 0 aromatic heterocycles. The quantitative estimate of drug-likeness (QED) is 0.711. The van der Waals surface area contributed by atoms with Gasteiger partial charge in [0, 0.05) is 38.1 Å². The third-order valence-electron chi connectivity index (χ3n) is 7.86. The van der Waals surface area contributed by atoms with Gasteiger partial charge >= 0.3 is 0 Å². The van der Waals surface area contributed by atoms with Crippen LogP contribution in [0.25, 0.3) is 0 Å². The molecule has 3 aliphatic heterocycles. The predicted molar refractivity (Wildman–Crippen MR) is 132 cm³/mol. The SMILES string of the molecule is CC(C)N1C[C@@H]2C[C@H](C1)[C@@H]1CCCC(=O)N[C@@H](CCc3ccccc3)C(=O)N[C@H](C)C(=O)N1C2. The zero-order valence-corrected chi connectivity index (χ0v) is 20.8. The monoisotopic (exact) mass is 468 g/mol. The number of rotatable bonds is 4. The zero-order chi connectivity index (χ0) is 24.2. The standard InChI is InChI=1S/C27H40N4O3/c1-18(2)30-15-21-14-22(17-30)24-10-7-11-25(32)29-23(13-12-20-8-5-4-6-9-20)26(33)28-19(3)27(34)31(24)16-21/h4-6,8-9,18-19,21-24H,7,10-17H2,1-3H3,(H,28,33)(H,29,32)/t19-,21+,22-,23+,24+/m1/s1. The molecule has 0 radical (unpaired) electrons. The molecule has 5 atom stereocenters. The normalized spacial score (nSPS) is 31.2. The molecule has 2 N–H and O–H groups in total. The number of carbonyl (C=O) groups is 3. The first-order chi connectivity index (χ1) is 16.3. The van der Waals surface area contributed by atoms with E-state index in [1.165, 1.54) is 0 Å². The highest BCUT2D eigenvalue weighted by atomic mass is 16.2. The molecule has 3 saturated heterocycles. The van der Waals surface area contributed by atoms with Gasteiger partial charge in [-0.25, -0.2) is 0 Å². The maximum Gasteiger partial charge on any atom is 0.245 e. The molecule has 2 bridgehead atoms. The third-order valence-corrected chi connectivity index (χ3v) is 7.86. The number of hydrogen-bond acceptors (Lipinski definition) is 4. The fourth-order valence-electron chi connectivity index (χ4n) is 6.02. The highest BCUT2D eigenvalue weighted by Gasteiger charge is 2.44. The van der Waals surface area contributed by atoms with E-state index in [9.17, 15) is 14.4 Å². The van der Waals surface area contributed by atoms with Crippen LogP contribution in [0.1, 0.15) is 58.4 Å². The fourth-order valence-corrected chi connectivity index (χ4v) is 6.02. The molecule has 3 aliphatic rings. The summed E-state index contributed by atoms with van der Waals surface area (Å²) >= 11 is 0. The molecule has 7 heteroatoms. The Hall–Kier alpha value is -2.41. The summed E-state index contributed by atoms with van der Waals surface area (Å²) in [7, 11) is 0. The van der Waals surface area contributed by atoms with Crippen LogP contribution in [-0.4, -0.2) is 71.3 Å². The summed E-state index contributed by atoms with van der Waals surface area (Å²) < 4.78 is 0. The molecular weight excluding hydrogens is 428 g/mol. The number of benzene rings is 1. The lowest BCUT2D eigenvalue weighted by molar-refractivity contribution is -0.145. The topological polar surface area (TPSA) is 81.8 Å². The van der Waals surface area contributed by atoms with Crippen LogP contribution in [0.2, 0.25) is 0 Å². The number of hydrogen-bond donors (Lipinski definition) is 2. The van der Waals surface area contributed by atoms with Crippen molar-refractivity contribution in [2.45, 2.75) is 83.5 Å². The van der Waals surface area contributed by atoms with Gasteiger partial charge in [-0.15, -0.1) is 0 Å². The molecule has 4 rings (SSSR count). The Kier molecular flexibility index (Phi) is 7.91. The van der Waals surface area contributed by atoms with Crippen LogP contribution >= 0.6 is 0 Å². The zero-order valence-electron chi connectivity index (χ0n) is 20.8. The number of piperidine rings is 2. The summed E-state index contributed by atoms with van der Waals surface area (Å²) in [6.45, 7) is 9.02. The Balaban J connectivity index is 1.48. The van der Waals surface area contributed by atoms with E-state index in [0.717, 1.165) is 44.5 Å². The van der Waals surface area contributed by atoms with Crippen molar-refractivity contribution in [2.24, 2.45) is 11.8 Å². The number of carbonyl (C=O) groups excluding carboxylic acids is 3. The number of nitrogens with zero attached hydrogens (tertiary/aromatic N) is 2. The first-order valence-corrected chi connectivity index (χ1v) is 13.0. The van der Waals surface area contributed by atoms with E-state index >= 15 is 0 Å². The molecule has 1 aromatic carbocycles. The number of aryl methyl sites for hydroxylation is 1. The molecule has 3 fully saturated rings. The number of fused-ring (bicyclic) bond motifs is 4. The van der Waals surface area contributed by atoms with Crippen molar-refractivity contribution >= 4 is 17.7 Å². The van der Waals surface area contributed by atoms with Gasteiger partial charge in [-0.05, 0) is 70.3 Å². The van der Waals surface area contributed by atoms with E-state index < -0.39 is 12.1 Å². The second-order valence-electron chi connectivity index (χ2n) is 10.7. The summed E-state index contributed by atoms with van der Waals surface area (Å²) in [4.78, 5) is 44.0. The Labute approximate surface area is 203 Å². The van der Waals surface area contributed by atoms with Crippen LogP contribution in [0.3, 0.4) is 0 Å². The van der Waals surface area contributed by atoms with Gasteiger partial charge in [0.2, 0.25) is 17.7 Å². The minimum atomic E-state index is -0.640. The van der Waals surface area contributed by atoms with E-state index in [-0.39, 0.29) is 23.8 Å². The van der Waals surface area contributed by atoms with Crippen molar-refractivity contribution in [3.8, 4) is 0 Å². The number of amides is 3. The van der Waals surface area contributed by atoms with E-state index in [1.54, 1.807) is 6.92 Å². The Morgan fingerprint density at radius 2 is 1.79 bits per heavy atom. The molecular formula is C27H40N4O3. The molecule has 3 heterocycles. The molecule has 0 spiro atoms. The maximum atomic E-state index is 13.5. The molecule has 0 saturated carbocycles. The van der Waals surface area contributed by atoms with Crippen LogP contribution < -0.4 is 10.6 Å². The minimum absolute atomic E-state index is 0.0137. The summed E-state index contributed by atoms with van der Waals surface area (Å²) in [5.41, 5.74) is 1.12. The molecule has 0 aliphatic carbocycles. The van der Waals surface area contributed by atoms with Crippen LogP contribution in [0.15, 0.2) is 30.3 Å². The van der Waals surface area contributed by atoms with Gasteiger partial charge in [0.05, 0.1) is 0 Å². The molecule has 34 heavy (non-hydrogen) atoms. The first kappa shape index (κ1) is 24.7. The molecule has 0 unspecified atom stereocenters. The predicted octanol–water partition coefficient (Wildman–Crippen LogP) is 2.35. The smallest absolute Gasteiger partial charge is 0.245 e. The summed E-state index contributed by atoms with van der Waals surface area (Å²) in [6, 6.07) is 9.33. The van der Waals surface area contributed by atoms with Crippen molar-refractivity contribution in [3.05, 3.63) is 35.9 Å². The van der Waals surface area contributed by atoms with Gasteiger partial charge in [-0.2, -0.15) is 0 Å². The summed E-state index contributed by atoms with van der Waals surface area (Å²) in [6.07, 6.45) is 4.28. The summed E-state index contributed by atoms with van der Waals surface area (Å²) in [5, 5.41) is 5.87. The van der Waals surface area contributed by atoms with E-state index in [0.29, 0.717) is 37.1 Å². The van der Waals surface area contributed by atoms with Gasteiger partial charge in [0.15, 0.2) is 0 Å². The number of nitrogens with one attached hydrogen (secondary N) is 2. The third kappa shape index (κ3) is 5.80. The van der Waals surface area contributed by atoms with Crippen molar-refractivity contribution in [1.29, 1.82) is 0 Å². The van der Waals surface area contributed by atoms with Gasteiger partial charge < -0.3 is 20.4 Å². The van der Waals surface area contributed by atoms with Crippen molar-refractivity contribution in [2.75, 3.05) is 19.6 Å². The van der Waals surface area contributed by atoms with E-state index in [4.69, 9.17) is 0 Å². The molecule has 7 nitrogen and oxygen atoms in total. The lowest BCUT2D eigenvalue weighted by Gasteiger charge is -2.52. The lowest BCUT2D eigenvalue weighted by Crippen LogP contribution is -2.63. The van der Waals surface area contributed by atoms with Gasteiger partial charge in [0.25, 0.3) is 0 Å². The average Bonchev–Trinajstić information content (AvgIpc) is 2.82. The Bertz CT molecular complexity index is 874. The van der Waals surface area contributed by atoms with Crippen LogP contribution in [0.4, 0.5) is 0 Å². The lowest BCUT2D eigenvalue weighted by atomic mass is 9.77. The highest BCUT2D eigenvalue weighted by Crippen LogP contribution is 2.36. The van der Waals surface area contributed by atoms with Gasteiger partial charge in [-0.3, -0.25) is 14.4 Å². The molecule has 3 amide bonds. The van der Waals surface area contributed by atoms with Crippen molar-refractivity contribution in [3.63, 3.8) is 0 Å². The van der Waals surface area contributed by atoms with Crippen LogP contribution in [-0.2, 0) is 20.8 Å². The van der Waals surface area contributed by atoms with E-state index in [2.05, 4.69) is 29.4 Å². The largest absolute Gasteiger partial charge is 0.344 e. The second kappa shape index (κ2) is 10.9. The van der Waals surface area contributed by atoms with Crippen LogP contribution in [0, 0.1) is 11.8 Å². The molecule has 1 aromatic rings. The minimum Gasteiger partial charge on any atom is -0.344 e. The van der Waals surface area contributed by atoms with Crippen LogP contribution in [0.5, 0.6) is 0 Å².